The smallest absolute Gasteiger partial charge is 0.275 e. The molecule has 1 N–H and O–H groups in total. The molecule has 1 saturated heterocycles. The minimum Gasteiger partial charge on any atom is -0.299 e. The van der Waals surface area contributed by atoms with Crippen molar-refractivity contribution in [2.24, 2.45) is 4.99 Å². The molecule has 6 nitrogen and oxygen atoms in total. The maximum atomic E-state index is 12.5. The number of halogens is 2. The SMILES string of the molecule is Cc1[nH]n(C2CCS(=O)(=O)C2)c(=O)c1C=Nc1cc(Cl)cc(Cl)c1. The van der Waals surface area contributed by atoms with Crippen LogP contribution in [0.15, 0.2) is 28.0 Å². The van der Waals surface area contributed by atoms with E-state index in [2.05, 4.69) is 10.1 Å². The number of benzene rings is 1. The predicted molar refractivity (Wildman–Crippen MR) is 95.8 cm³/mol. The number of aromatic nitrogens is 2. The number of nitrogens with one attached hydrogen (secondary N) is 1. The summed E-state index contributed by atoms with van der Waals surface area (Å²) in [5, 5.41) is 3.85. The van der Waals surface area contributed by atoms with Crippen LogP contribution < -0.4 is 5.56 Å². The lowest BCUT2D eigenvalue weighted by molar-refractivity contribution is 0.483. The fourth-order valence-corrected chi connectivity index (χ4v) is 4.94. The zero-order valence-corrected chi connectivity index (χ0v) is 15.1. The fourth-order valence-electron chi connectivity index (χ4n) is 2.72. The summed E-state index contributed by atoms with van der Waals surface area (Å²) in [6.45, 7) is 1.74. The van der Waals surface area contributed by atoms with Crippen LogP contribution in [-0.4, -0.2) is 35.9 Å². The van der Waals surface area contributed by atoms with Crippen molar-refractivity contribution < 1.29 is 8.42 Å². The van der Waals surface area contributed by atoms with Gasteiger partial charge in [-0.1, -0.05) is 23.2 Å². The minimum atomic E-state index is -3.07. The topological polar surface area (TPSA) is 84.3 Å². The van der Waals surface area contributed by atoms with Crippen molar-refractivity contribution in [1.29, 1.82) is 0 Å². The van der Waals surface area contributed by atoms with Gasteiger partial charge in [0.25, 0.3) is 5.56 Å². The number of H-pyrrole nitrogens is 1. The second-order valence-electron chi connectivity index (χ2n) is 5.77. The molecular weight excluding hydrogens is 373 g/mol. The molecule has 24 heavy (non-hydrogen) atoms. The number of sulfone groups is 1. The lowest BCUT2D eigenvalue weighted by atomic mass is 10.2. The summed E-state index contributed by atoms with van der Waals surface area (Å²) in [5.41, 5.74) is 1.26. The van der Waals surface area contributed by atoms with Crippen LogP contribution in [0.5, 0.6) is 0 Å². The third-order valence-electron chi connectivity index (χ3n) is 3.90. The molecule has 0 aliphatic carbocycles. The summed E-state index contributed by atoms with van der Waals surface area (Å²) in [6, 6.07) is 4.50. The van der Waals surface area contributed by atoms with E-state index in [4.69, 9.17) is 23.2 Å². The van der Waals surface area contributed by atoms with E-state index in [-0.39, 0.29) is 23.1 Å². The summed E-state index contributed by atoms with van der Waals surface area (Å²) < 4.78 is 24.6. The van der Waals surface area contributed by atoms with Gasteiger partial charge >= 0.3 is 0 Å². The standard InChI is InChI=1S/C15H15Cl2N3O3S/c1-9-14(7-18-12-5-10(16)4-11(17)6-12)15(21)20(19-9)13-2-3-24(22,23)8-13/h4-7,13,19H,2-3,8H2,1H3. The molecule has 0 amide bonds. The monoisotopic (exact) mass is 387 g/mol. The Bertz CT molecular complexity index is 956. The van der Waals surface area contributed by atoms with Gasteiger partial charge in [-0.05, 0) is 31.5 Å². The number of aliphatic imine (C=N–C) groups is 1. The van der Waals surface area contributed by atoms with Crippen molar-refractivity contribution in [3.63, 3.8) is 0 Å². The van der Waals surface area contributed by atoms with E-state index in [0.29, 0.717) is 33.4 Å². The molecule has 1 aliphatic heterocycles. The Morgan fingerprint density at radius 1 is 1.29 bits per heavy atom. The highest BCUT2D eigenvalue weighted by Gasteiger charge is 2.31. The number of hydrogen-bond donors (Lipinski definition) is 1. The van der Waals surface area contributed by atoms with Gasteiger partial charge < -0.3 is 0 Å². The summed E-state index contributed by atoms with van der Waals surface area (Å²) in [4.78, 5) is 16.8. The normalized spacial score (nSPS) is 20.0. The van der Waals surface area contributed by atoms with Crippen LogP contribution in [0.2, 0.25) is 10.0 Å². The Balaban J connectivity index is 1.92. The molecule has 0 saturated carbocycles. The Morgan fingerprint density at radius 3 is 2.54 bits per heavy atom. The van der Waals surface area contributed by atoms with Gasteiger partial charge in [0, 0.05) is 22.0 Å². The van der Waals surface area contributed by atoms with Gasteiger partial charge in [-0.15, -0.1) is 0 Å². The zero-order valence-electron chi connectivity index (χ0n) is 12.8. The maximum absolute atomic E-state index is 12.5. The largest absolute Gasteiger partial charge is 0.299 e. The van der Waals surface area contributed by atoms with E-state index in [9.17, 15) is 13.2 Å². The minimum absolute atomic E-state index is 0.0205. The van der Waals surface area contributed by atoms with Gasteiger partial charge in [0.05, 0.1) is 28.8 Å². The molecule has 9 heteroatoms. The van der Waals surface area contributed by atoms with Crippen molar-refractivity contribution in [2.45, 2.75) is 19.4 Å². The molecule has 0 bridgehead atoms. The van der Waals surface area contributed by atoms with E-state index >= 15 is 0 Å². The third kappa shape index (κ3) is 3.58. The number of hydrogen-bond acceptors (Lipinski definition) is 4. The maximum Gasteiger partial charge on any atom is 0.275 e. The van der Waals surface area contributed by atoms with E-state index < -0.39 is 9.84 Å². The quantitative estimate of drug-likeness (QED) is 0.821. The van der Waals surface area contributed by atoms with E-state index in [1.165, 1.54) is 10.9 Å². The first kappa shape index (κ1) is 17.3. The predicted octanol–water partition coefficient (Wildman–Crippen LogP) is 2.90. The van der Waals surface area contributed by atoms with Gasteiger partial charge in [-0.3, -0.25) is 14.9 Å². The molecule has 2 heterocycles. The third-order valence-corrected chi connectivity index (χ3v) is 6.09. The number of nitrogens with zero attached hydrogens (tertiary/aromatic N) is 2. The Kier molecular flexibility index (Phi) is 4.59. The van der Waals surface area contributed by atoms with Crippen LogP contribution in [0.4, 0.5) is 5.69 Å². The first-order valence-corrected chi connectivity index (χ1v) is 9.84. The lowest BCUT2D eigenvalue weighted by Crippen LogP contribution is -2.25. The Labute approximate surface area is 149 Å². The zero-order chi connectivity index (χ0) is 17.5. The van der Waals surface area contributed by atoms with Gasteiger partial charge in [-0.2, -0.15) is 0 Å². The highest BCUT2D eigenvalue weighted by molar-refractivity contribution is 7.91. The van der Waals surface area contributed by atoms with E-state index in [1.807, 2.05) is 0 Å². The van der Waals surface area contributed by atoms with Crippen molar-refractivity contribution in [1.82, 2.24) is 9.78 Å². The molecule has 1 unspecified atom stereocenters. The van der Waals surface area contributed by atoms with Crippen LogP contribution in [0.3, 0.4) is 0 Å². The molecule has 1 aromatic heterocycles. The highest BCUT2D eigenvalue weighted by atomic mass is 35.5. The molecule has 2 aromatic rings. The average molecular weight is 388 g/mol. The molecule has 0 spiro atoms. The Morgan fingerprint density at radius 2 is 1.96 bits per heavy atom. The van der Waals surface area contributed by atoms with Gasteiger partial charge in [0.15, 0.2) is 9.84 Å². The molecular formula is C15H15Cl2N3O3S. The first-order chi connectivity index (χ1) is 11.2. The molecule has 1 atom stereocenters. The van der Waals surface area contributed by atoms with E-state index in [0.717, 1.165) is 0 Å². The van der Waals surface area contributed by atoms with Gasteiger partial charge in [0.2, 0.25) is 0 Å². The summed E-state index contributed by atoms with van der Waals surface area (Å²) in [7, 11) is -3.07. The first-order valence-electron chi connectivity index (χ1n) is 7.27. The van der Waals surface area contributed by atoms with Crippen molar-refractivity contribution in [2.75, 3.05) is 11.5 Å². The molecule has 1 aromatic carbocycles. The van der Waals surface area contributed by atoms with Crippen LogP contribution >= 0.6 is 23.2 Å². The fraction of sp³-hybridized carbons (Fsp3) is 0.333. The summed E-state index contributed by atoms with van der Waals surface area (Å²) in [6.07, 6.45) is 1.87. The average Bonchev–Trinajstić information content (AvgIpc) is 2.96. The second-order valence-corrected chi connectivity index (χ2v) is 8.87. The summed E-state index contributed by atoms with van der Waals surface area (Å²) >= 11 is 11.8. The molecule has 1 fully saturated rings. The van der Waals surface area contributed by atoms with Crippen LogP contribution in [-0.2, 0) is 9.84 Å². The number of aromatic amines is 1. The number of rotatable bonds is 3. The van der Waals surface area contributed by atoms with Crippen LogP contribution in [0.1, 0.15) is 23.7 Å². The molecule has 128 valence electrons. The van der Waals surface area contributed by atoms with Crippen LogP contribution in [0, 0.1) is 6.92 Å². The van der Waals surface area contributed by atoms with E-state index in [1.54, 1.807) is 25.1 Å². The lowest BCUT2D eigenvalue weighted by Gasteiger charge is -2.07. The Hall–Kier alpha value is -1.57. The van der Waals surface area contributed by atoms with Gasteiger partial charge in [-0.25, -0.2) is 13.1 Å². The molecule has 0 radical (unpaired) electrons. The highest BCUT2D eigenvalue weighted by Crippen LogP contribution is 2.25. The molecule has 3 rings (SSSR count). The van der Waals surface area contributed by atoms with Crippen molar-refractivity contribution in [3.8, 4) is 0 Å². The van der Waals surface area contributed by atoms with Crippen molar-refractivity contribution in [3.05, 3.63) is 49.9 Å². The second kappa shape index (κ2) is 6.38. The number of aryl methyl sites for hydroxylation is 1. The van der Waals surface area contributed by atoms with Crippen molar-refractivity contribution >= 4 is 44.9 Å². The van der Waals surface area contributed by atoms with Crippen LogP contribution in [0.25, 0.3) is 0 Å². The summed E-state index contributed by atoms with van der Waals surface area (Å²) in [5.74, 6) is 0.0833. The molecule has 1 aliphatic rings. The van der Waals surface area contributed by atoms with Gasteiger partial charge in [0.1, 0.15) is 0 Å².